The number of benzene rings is 2. The average Bonchev–Trinajstić information content (AvgIpc) is 2.80. The summed E-state index contributed by atoms with van der Waals surface area (Å²) in [4.78, 5) is 26.2. The molecule has 0 atom stereocenters. The van der Waals surface area contributed by atoms with E-state index in [4.69, 9.17) is 4.18 Å². The summed E-state index contributed by atoms with van der Waals surface area (Å²) in [6.07, 6.45) is 3.74. The van der Waals surface area contributed by atoms with Crippen molar-refractivity contribution in [2.24, 2.45) is 0 Å². The van der Waals surface area contributed by atoms with Crippen LogP contribution in [-0.2, 0) is 19.7 Å². The molecule has 0 radical (unpaired) electrons. The maximum absolute atomic E-state index is 13.1. The van der Waals surface area contributed by atoms with Crippen molar-refractivity contribution in [1.29, 1.82) is 0 Å². The molecule has 0 bridgehead atoms. The number of dihydropyridines is 1. The number of nitrogens with one attached hydrogen (secondary N) is 1. The van der Waals surface area contributed by atoms with Gasteiger partial charge in [-0.15, -0.1) is 0 Å². The number of allylic oxidation sites excluding steroid dienone is 4. The molecule has 6 nitrogen and oxygen atoms in total. The van der Waals surface area contributed by atoms with Gasteiger partial charge in [0, 0.05) is 51.3 Å². The Balaban J connectivity index is 1.68. The highest BCUT2D eigenvalue weighted by molar-refractivity contribution is 9.10. The summed E-state index contributed by atoms with van der Waals surface area (Å²) < 4.78 is 32.3. The summed E-state index contributed by atoms with van der Waals surface area (Å²) in [6, 6.07) is 12.9. The van der Waals surface area contributed by atoms with Crippen molar-refractivity contribution in [2.75, 3.05) is 0 Å². The van der Waals surface area contributed by atoms with Crippen molar-refractivity contribution >= 4 is 37.6 Å². The summed E-state index contributed by atoms with van der Waals surface area (Å²) in [5.74, 6) is -0.578. The first-order chi connectivity index (χ1) is 15.8. The van der Waals surface area contributed by atoms with Crippen LogP contribution in [0.4, 0.5) is 0 Å². The first-order valence-corrected chi connectivity index (χ1v) is 13.1. The molecule has 0 spiro atoms. The SMILES string of the molecule is O=C1CCCC2=C1C(c1cc(Br)ccc1OS(=O)(=O)c1ccccc1)C1=C(CCCC1=O)N2. The molecule has 2 aromatic carbocycles. The van der Waals surface area contributed by atoms with Gasteiger partial charge in [0.15, 0.2) is 11.6 Å². The predicted octanol–water partition coefficient (Wildman–Crippen LogP) is 4.92. The second-order valence-electron chi connectivity index (χ2n) is 8.43. The van der Waals surface area contributed by atoms with Gasteiger partial charge in [0.2, 0.25) is 0 Å². The Bertz CT molecular complexity index is 1290. The van der Waals surface area contributed by atoms with E-state index in [9.17, 15) is 18.0 Å². The highest BCUT2D eigenvalue weighted by Gasteiger charge is 2.41. The minimum atomic E-state index is -4.11. The molecule has 0 saturated heterocycles. The number of rotatable bonds is 4. The number of Topliss-reactive ketones (excluding diaryl/α,β-unsaturated/α-hetero) is 2. The second kappa shape index (κ2) is 8.57. The van der Waals surface area contributed by atoms with E-state index < -0.39 is 16.0 Å². The van der Waals surface area contributed by atoms with E-state index in [-0.39, 0.29) is 22.2 Å². The zero-order valence-corrected chi connectivity index (χ0v) is 20.2. The Morgan fingerprint density at radius 2 is 1.45 bits per heavy atom. The first kappa shape index (κ1) is 22.1. The smallest absolute Gasteiger partial charge is 0.339 e. The molecule has 2 aliphatic carbocycles. The van der Waals surface area contributed by atoms with Crippen molar-refractivity contribution in [2.45, 2.75) is 49.3 Å². The Kier molecular flexibility index (Phi) is 5.74. The lowest BCUT2D eigenvalue weighted by Crippen LogP contribution is -2.36. The first-order valence-electron chi connectivity index (χ1n) is 10.9. The summed E-state index contributed by atoms with van der Waals surface area (Å²) in [5.41, 5.74) is 3.27. The fraction of sp³-hybridized carbons (Fsp3) is 0.280. The molecule has 0 aromatic heterocycles. The number of carbonyl (C=O) groups excluding carboxylic acids is 2. The Morgan fingerprint density at radius 1 is 0.848 bits per heavy atom. The Morgan fingerprint density at radius 3 is 2.06 bits per heavy atom. The molecule has 1 heterocycles. The van der Waals surface area contributed by atoms with Crippen LogP contribution in [0.2, 0.25) is 0 Å². The highest BCUT2D eigenvalue weighted by Crippen LogP contribution is 2.48. The van der Waals surface area contributed by atoms with E-state index in [2.05, 4.69) is 21.2 Å². The van der Waals surface area contributed by atoms with Gasteiger partial charge in [0.25, 0.3) is 0 Å². The molecule has 2 aromatic rings. The second-order valence-corrected chi connectivity index (χ2v) is 10.9. The number of ketones is 2. The Hall–Kier alpha value is -2.71. The monoisotopic (exact) mass is 527 g/mol. The van der Waals surface area contributed by atoms with Gasteiger partial charge < -0.3 is 9.50 Å². The van der Waals surface area contributed by atoms with E-state index in [0.29, 0.717) is 34.0 Å². The van der Waals surface area contributed by atoms with Crippen LogP contribution in [0.5, 0.6) is 5.75 Å². The Labute approximate surface area is 201 Å². The third kappa shape index (κ3) is 4.06. The molecule has 5 rings (SSSR count). The van der Waals surface area contributed by atoms with Crippen LogP contribution >= 0.6 is 15.9 Å². The van der Waals surface area contributed by atoms with Gasteiger partial charge in [-0.25, -0.2) is 0 Å². The molecule has 1 aliphatic heterocycles. The standard InChI is InChI=1S/C25H22BrNO5S/c26-15-12-13-22(32-33(30,31)16-6-2-1-3-7-16)17(14-15)23-24-18(8-4-10-20(24)28)27-19-9-5-11-21(29)25(19)23/h1-3,6-7,12-14,23,27H,4-5,8-11H2. The molecular weight excluding hydrogens is 506 g/mol. The fourth-order valence-corrected chi connectivity index (χ4v) is 6.22. The molecule has 1 N–H and O–H groups in total. The molecule has 8 heteroatoms. The summed E-state index contributed by atoms with van der Waals surface area (Å²) >= 11 is 3.47. The number of hydrogen-bond donors (Lipinski definition) is 1. The lowest BCUT2D eigenvalue weighted by Gasteiger charge is -2.37. The molecule has 0 saturated carbocycles. The van der Waals surface area contributed by atoms with Crippen molar-refractivity contribution < 1.29 is 22.2 Å². The zero-order chi connectivity index (χ0) is 23.2. The largest absolute Gasteiger partial charge is 0.379 e. The number of hydrogen-bond acceptors (Lipinski definition) is 6. The molecule has 0 unspecified atom stereocenters. The lowest BCUT2D eigenvalue weighted by atomic mass is 9.71. The minimum absolute atomic E-state index is 0.0180. The van der Waals surface area contributed by atoms with Gasteiger partial charge in [-0.1, -0.05) is 34.1 Å². The number of carbonyl (C=O) groups is 2. The van der Waals surface area contributed by atoms with Crippen LogP contribution in [-0.4, -0.2) is 20.0 Å². The fourth-order valence-electron chi connectivity index (χ4n) is 4.87. The summed E-state index contributed by atoms with van der Waals surface area (Å²) in [7, 11) is -4.11. The third-order valence-corrected chi connectivity index (χ3v) is 8.05. The van der Waals surface area contributed by atoms with Crippen molar-refractivity contribution in [3.8, 4) is 5.75 Å². The van der Waals surface area contributed by atoms with Crippen LogP contribution in [0.3, 0.4) is 0 Å². The van der Waals surface area contributed by atoms with Crippen LogP contribution in [0.25, 0.3) is 0 Å². The lowest BCUT2D eigenvalue weighted by molar-refractivity contribution is -0.116. The molecule has 0 fully saturated rings. The third-order valence-electron chi connectivity index (χ3n) is 6.31. The maximum atomic E-state index is 13.1. The van der Waals surface area contributed by atoms with Gasteiger partial charge >= 0.3 is 10.1 Å². The molecular formula is C25H22BrNO5S. The average molecular weight is 528 g/mol. The maximum Gasteiger partial charge on any atom is 0.339 e. The molecule has 3 aliphatic rings. The van der Waals surface area contributed by atoms with Gasteiger partial charge in [-0.3, -0.25) is 9.59 Å². The molecule has 33 heavy (non-hydrogen) atoms. The van der Waals surface area contributed by atoms with Crippen LogP contribution in [0.15, 0.2) is 80.4 Å². The van der Waals surface area contributed by atoms with Gasteiger partial charge in [0.1, 0.15) is 10.6 Å². The molecule has 170 valence electrons. The van der Waals surface area contributed by atoms with Gasteiger partial charge in [0.05, 0.1) is 0 Å². The zero-order valence-electron chi connectivity index (χ0n) is 17.8. The minimum Gasteiger partial charge on any atom is -0.379 e. The van der Waals surface area contributed by atoms with Crippen molar-refractivity contribution in [3.63, 3.8) is 0 Å². The topological polar surface area (TPSA) is 89.5 Å². The molecule has 0 amide bonds. The van der Waals surface area contributed by atoms with Crippen LogP contribution in [0, 0.1) is 0 Å². The van der Waals surface area contributed by atoms with E-state index in [0.717, 1.165) is 37.1 Å². The highest BCUT2D eigenvalue weighted by atomic mass is 79.9. The van der Waals surface area contributed by atoms with Crippen molar-refractivity contribution in [3.05, 3.63) is 81.1 Å². The van der Waals surface area contributed by atoms with Crippen LogP contribution < -0.4 is 9.50 Å². The van der Waals surface area contributed by atoms with E-state index in [1.165, 1.54) is 12.1 Å². The van der Waals surface area contributed by atoms with E-state index in [1.54, 1.807) is 36.4 Å². The summed E-state index contributed by atoms with van der Waals surface area (Å²) in [5, 5.41) is 3.37. The summed E-state index contributed by atoms with van der Waals surface area (Å²) in [6.45, 7) is 0. The predicted molar refractivity (Wildman–Crippen MR) is 126 cm³/mol. The van der Waals surface area contributed by atoms with Gasteiger partial charge in [-0.2, -0.15) is 8.42 Å². The van der Waals surface area contributed by atoms with Gasteiger partial charge in [-0.05, 0) is 56.0 Å². The normalized spacial score (nSPS) is 19.2. The quantitative estimate of drug-likeness (QED) is 0.567. The van der Waals surface area contributed by atoms with Crippen LogP contribution in [0.1, 0.15) is 50.0 Å². The number of halogens is 1. The van der Waals surface area contributed by atoms with E-state index in [1.807, 2.05) is 0 Å². The van der Waals surface area contributed by atoms with Crippen molar-refractivity contribution in [1.82, 2.24) is 5.32 Å². The van der Waals surface area contributed by atoms with E-state index >= 15 is 0 Å².